The topological polar surface area (TPSA) is 54.4 Å². The molecule has 1 aliphatic heterocycles. The summed E-state index contributed by atoms with van der Waals surface area (Å²) < 4.78 is 10.9. The summed E-state index contributed by atoms with van der Waals surface area (Å²) in [6.45, 7) is 4.89. The highest BCUT2D eigenvalue weighted by Crippen LogP contribution is 2.37. The van der Waals surface area contributed by atoms with Crippen molar-refractivity contribution in [1.82, 2.24) is 9.91 Å². The average molecular weight is 444 g/mol. The van der Waals surface area contributed by atoms with E-state index in [1.165, 1.54) is 5.56 Å². The second-order valence-corrected chi connectivity index (χ2v) is 8.17. The highest BCUT2D eigenvalue weighted by atomic mass is 16.5. The van der Waals surface area contributed by atoms with Crippen molar-refractivity contribution in [2.75, 3.05) is 20.8 Å². The van der Waals surface area contributed by atoms with Gasteiger partial charge in [0.1, 0.15) is 6.17 Å². The van der Waals surface area contributed by atoms with Crippen LogP contribution in [0.3, 0.4) is 0 Å². The summed E-state index contributed by atoms with van der Waals surface area (Å²) in [5.74, 6) is 1.22. The molecule has 0 radical (unpaired) electrons. The lowest BCUT2D eigenvalue weighted by Crippen LogP contribution is -2.29. The van der Waals surface area contributed by atoms with Crippen molar-refractivity contribution in [2.45, 2.75) is 26.6 Å². The molecule has 0 aromatic heterocycles. The number of hydrazone groups is 1. The first kappa shape index (κ1) is 22.6. The van der Waals surface area contributed by atoms with Gasteiger partial charge in [0.15, 0.2) is 11.5 Å². The van der Waals surface area contributed by atoms with Gasteiger partial charge in [-0.05, 0) is 42.7 Å². The van der Waals surface area contributed by atoms with Gasteiger partial charge in [-0.15, -0.1) is 0 Å². The second-order valence-electron chi connectivity index (χ2n) is 8.17. The summed E-state index contributed by atoms with van der Waals surface area (Å²) in [5, 5.41) is 6.39. The van der Waals surface area contributed by atoms with Crippen LogP contribution in [0.1, 0.15) is 35.3 Å². The third kappa shape index (κ3) is 4.91. The largest absolute Gasteiger partial charge is 0.493 e. The molecule has 0 saturated carbocycles. The van der Waals surface area contributed by atoms with Gasteiger partial charge < -0.3 is 9.47 Å². The third-order valence-corrected chi connectivity index (χ3v) is 5.83. The fourth-order valence-electron chi connectivity index (χ4n) is 4.07. The van der Waals surface area contributed by atoms with Gasteiger partial charge in [0.2, 0.25) is 0 Å². The SMILES string of the molecule is COc1ccc([C@@H]2N(Cc3ccccc3)CC(=O)N2/N=C(/C)c2ccc(C)cc2)cc1OC. The van der Waals surface area contributed by atoms with Crippen LogP contribution in [0.25, 0.3) is 0 Å². The van der Waals surface area contributed by atoms with Crippen molar-refractivity contribution in [3.63, 3.8) is 0 Å². The van der Waals surface area contributed by atoms with E-state index in [1.807, 2.05) is 67.6 Å². The third-order valence-electron chi connectivity index (χ3n) is 5.83. The molecule has 0 spiro atoms. The Morgan fingerprint density at radius 3 is 2.33 bits per heavy atom. The Balaban J connectivity index is 1.74. The Morgan fingerprint density at radius 1 is 0.970 bits per heavy atom. The van der Waals surface area contributed by atoms with E-state index in [0.29, 0.717) is 18.0 Å². The van der Waals surface area contributed by atoms with Crippen LogP contribution in [0.4, 0.5) is 0 Å². The van der Waals surface area contributed by atoms with E-state index in [0.717, 1.165) is 22.4 Å². The number of benzene rings is 3. The molecule has 1 atom stereocenters. The van der Waals surface area contributed by atoms with Crippen molar-refractivity contribution < 1.29 is 14.3 Å². The molecule has 3 aromatic carbocycles. The molecule has 1 fully saturated rings. The Hall–Kier alpha value is -3.64. The molecule has 170 valence electrons. The van der Waals surface area contributed by atoms with E-state index in [-0.39, 0.29) is 18.6 Å². The fourth-order valence-corrected chi connectivity index (χ4v) is 4.07. The molecule has 0 aliphatic carbocycles. The number of amides is 1. The van der Waals surface area contributed by atoms with E-state index in [9.17, 15) is 4.79 Å². The van der Waals surface area contributed by atoms with Gasteiger partial charge in [-0.25, -0.2) is 5.01 Å². The monoisotopic (exact) mass is 443 g/mol. The van der Waals surface area contributed by atoms with E-state index in [2.05, 4.69) is 24.0 Å². The van der Waals surface area contributed by atoms with Gasteiger partial charge in [-0.1, -0.05) is 66.2 Å². The number of ether oxygens (including phenoxy) is 2. The lowest BCUT2D eigenvalue weighted by Gasteiger charge is -2.28. The molecule has 33 heavy (non-hydrogen) atoms. The number of rotatable bonds is 7. The summed E-state index contributed by atoms with van der Waals surface area (Å²) in [6, 6.07) is 24.1. The maximum Gasteiger partial charge on any atom is 0.258 e. The molecule has 4 rings (SSSR count). The van der Waals surface area contributed by atoms with Crippen LogP contribution < -0.4 is 9.47 Å². The number of carbonyl (C=O) groups excluding carboxylic acids is 1. The predicted molar refractivity (Wildman–Crippen MR) is 129 cm³/mol. The molecule has 1 saturated heterocycles. The van der Waals surface area contributed by atoms with E-state index in [4.69, 9.17) is 14.6 Å². The first-order valence-electron chi connectivity index (χ1n) is 10.9. The summed E-state index contributed by atoms with van der Waals surface area (Å²) in [7, 11) is 3.22. The van der Waals surface area contributed by atoms with Crippen LogP contribution in [0.15, 0.2) is 77.9 Å². The second kappa shape index (κ2) is 9.88. The van der Waals surface area contributed by atoms with Crippen molar-refractivity contribution in [2.24, 2.45) is 5.10 Å². The summed E-state index contributed by atoms with van der Waals surface area (Å²) >= 11 is 0. The van der Waals surface area contributed by atoms with Crippen LogP contribution in [0.2, 0.25) is 0 Å². The summed E-state index contributed by atoms with van der Waals surface area (Å²) in [4.78, 5) is 15.3. The van der Waals surface area contributed by atoms with E-state index >= 15 is 0 Å². The molecule has 6 nitrogen and oxygen atoms in total. The van der Waals surface area contributed by atoms with Gasteiger partial charge in [-0.3, -0.25) is 9.69 Å². The van der Waals surface area contributed by atoms with Crippen molar-refractivity contribution in [3.8, 4) is 11.5 Å². The van der Waals surface area contributed by atoms with Gasteiger partial charge in [-0.2, -0.15) is 5.10 Å². The lowest BCUT2D eigenvalue weighted by molar-refractivity contribution is -0.128. The zero-order chi connectivity index (χ0) is 23.4. The first-order valence-corrected chi connectivity index (χ1v) is 10.9. The molecular formula is C27H29N3O3. The zero-order valence-corrected chi connectivity index (χ0v) is 19.5. The fraction of sp³-hybridized carbons (Fsp3) is 0.259. The highest BCUT2D eigenvalue weighted by molar-refractivity contribution is 5.99. The van der Waals surface area contributed by atoms with E-state index < -0.39 is 0 Å². The number of aryl methyl sites for hydroxylation is 1. The molecule has 0 N–H and O–H groups in total. The van der Waals surface area contributed by atoms with Crippen LogP contribution in [0, 0.1) is 6.92 Å². The number of hydrogen-bond donors (Lipinski definition) is 0. The number of carbonyl (C=O) groups is 1. The standard InChI is InChI=1S/C27H29N3O3/c1-19-10-12-22(13-11-19)20(2)28-30-26(31)18-29(17-21-8-6-5-7-9-21)27(30)23-14-15-24(32-3)25(16-23)33-4/h5-16,27H,17-18H2,1-4H3/b28-20-/t27-/m1/s1. The molecule has 0 unspecified atom stereocenters. The van der Waals surface area contributed by atoms with Crippen LogP contribution in [-0.4, -0.2) is 42.3 Å². The lowest BCUT2D eigenvalue weighted by atomic mass is 10.1. The summed E-state index contributed by atoms with van der Waals surface area (Å²) in [5.41, 5.74) is 5.00. The van der Waals surface area contributed by atoms with Gasteiger partial charge in [0, 0.05) is 6.54 Å². The number of nitrogens with zero attached hydrogens (tertiary/aromatic N) is 3. The highest BCUT2D eigenvalue weighted by Gasteiger charge is 2.39. The minimum Gasteiger partial charge on any atom is -0.493 e. The molecule has 1 heterocycles. The Labute approximate surface area is 195 Å². The molecule has 6 heteroatoms. The van der Waals surface area contributed by atoms with Crippen LogP contribution >= 0.6 is 0 Å². The van der Waals surface area contributed by atoms with Crippen molar-refractivity contribution >= 4 is 11.6 Å². The minimum atomic E-state index is -0.363. The Morgan fingerprint density at radius 2 is 1.67 bits per heavy atom. The van der Waals surface area contributed by atoms with Gasteiger partial charge in [0.05, 0.1) is 26.5 Å². The minimum absolute atomic E-state index is 0.0443. The van der Waals surface area contributed by atoms with Crippen molar-refractivity contribution in [3.05, 3.63) is 95.1 Å². The Bertz CT molecular complexity index is 1140. The van der Waals surface area contributed by atoms with Gasteiger partial charge >= 0.3 is 0 Å². The van der Waals surface area contributed by atoms with Gasteiger partial charge in [0.25, 0.3) is 5.91 Å². The molecule has 1 amide bonds. The summed E-state index contributed by atoms with van der Waals surface area (Å²) in [6.07, 6.45) is -0.363. The molecule has 1 aliphatic rings. The molecule has 3 aromatic rings. The first-order chi connectivity index (χ1) is 16.0. The number of hydrogen-bond acceptors (Lipinski definition) is 5. The maximum absolute atomic E-state index is 13.2. The number of methoxy groups -OCH3 is 2. The molecular weight excluding hydrogens is 414 g/mol. The predicted octanol–water partition coefficient (Wildman–Crippen LogP) is 4.78. The van der Waals surface area contributed by atoms with E-state index in [1.54, 1.807) is 19.2 Å². The molecule has 0 bridgehead atoms. The average Bonchev–Trinajstić information content (AvgIpc) is 3.13. The van der Waals surface area contributed by atoms with Crippen molar-refractivity contribution in [1.29, 1.82) is 0 Å². The quantitative estimate of drug-likeness (QED) is 0.493. The smallest absolute Gasteiger partial charge is 0.258 e. The Kier molecular flexibility index (Phi) is 6.75. The van der Waals surface area contributed by atoms with Crippen LogP contribution in [-0.2, 0) is 11.3 Å². The zero-order valence-electron chi connectivity index (χ0n) is 19.5. The maximum atomic E-state index is 13.2. The normalized spacial score (nSPS) is 16.8. The van der Waals surface area contributed by atoms with Crippen LogP contribution in [0.5, 0.6) is 11.5 Å².